The minimum atomic E-state index is -0.167. The van der Waals surface area contributed by atoms with E-state index in [1.807, 2.05) is 6.92 Å². The molecular formula is C7H13O2Y-. The molecule has 0 amide bonds. The van der Waals surface area contributed by atoms with Gasteiger partial charge in [-0.05, 0) is 6.92 Å². The van der Waals surface area contributed by atoms with Crippen LogP contribution in [0.5, 0.6) is 0 Å². The van der Waals surface area contributed by atoms with E-state index < -0.39 is 0 Å². The van der Waals surface area contributed by atoms with Crippen LogP contribution in [0.1, 0.15) is 27.2 Å². The van der Waals surface area contributed by atoms with Crippen molar-refractivity contribution in [2.45, 2.75) is 27.2 Å². The van der Waals surface area contributed by atoms with Crippen LogP contribution in [0.4, 0.5) is 0 Å². The van der Waals surface area contributed by atoms with Gasteiger partial charge in [-0.3, -0.25) is 10.7 Å². The van der Waals surface area contributed by atoms with E-state index >= 15 is 0 Å². The summed E-state index contributed by atoms with van der Waals surface area (Å²) in [5.41, 5.74) is 0. The van der Waals surface area contributed by atoms with Crippen molar-refractivity contribution < 1.29 is 42.2 Å². The van der Waals surface area contributed by atoms with Gasteiger partial charge in [0.1, 0.15) is 0 Å². The van der Waals surface area contributed by atoms with Gasteiger partial charge in [0.2, 0.25) is 0 Å². The van der Waals surface area contributed by atoms with Crippen LogP contribution >= 0.6 is 0 Å². The summed E-state index contributed by atoms with van der Waals surface area (Å²) < 4.78 is 4.72. The molecule has 0 N–H and O–H groups in total. The van der Waals surface area contributed by atoms with Crippen LogP contribution in [0.3, 0.4) is 0 Å². The van der Waals surface area contributed by atoms with Crippen molar-refractivity contribution in [3.8, 4) is 0 Å². The number of carbonyl (C=O) groups excluding carboxylic acids is 1. The maximum atomic E-state index is 10.7. The zero-order chi connectivity index (χ0) is 7.28. The molecule has 0 aliphatic heterocycles. The van der Waals surface area contributed by atoms with Crippen LogP contribution in [0, 0.1) is 5.92 Å². The van der Waals surface area contributed by atoms with Crippen molar-refractivity contribution >= 4 is 5.97 Å². The molecule has 0 spiro atoms. The summed E-state index contributed by atoms with van der Waals surface area (Å²) >= 11 is 0. The maximum Gasteiger partial charge on any atom is 0.169 e. The van der Waals surface area contributed by atoms with Crippen molar-refractivity contribution in [3.63, 3.8) is 0 Å². The molecule has 0 saturated heterocycles. The summed E-state index contributed by atoms with van der Waals surface area (Å²) in [5, 5.41) is 0. The quantitative estimate of drug-likeness (QED) is 0.530. The minimum absolute atomic E-state index is 0. The van der Waals surface area contributed by atoms with E-state index in [1.165, 1.54) is 0 Å². The monoisotopic (exact) mass is 218 g/mol. The second-order valence-electron chi connectivity index (χ2n) is 1.85. The SMILES string of the molecule is CCOC(=O)[C-](C)CC.[Y]. The third kappa shape index (κ3) is 5.25. The Morgan fingerprint density at radius 2 is 2.00 bits per heavy atom. The second-order valence-corrected chi connectivity index (χ2v) is 1.85. The third-order valence-electron chi connectivity index (χ3n) is 1.15. The predicted octanol–water partition coefficient (Wildman–Crippen LogP) is 1.55. The molecular weight excluding hydrogens is 205 g/mol. The average molecular weight is 218 g/mol. The van der Waals surface area contributed by atoms with Crippen molar-refractivity contribution in [2.24, 2.45) is 0 Å². The molecule has 10 heavy (non-hydrogen) atoms. The molecule has 0 aromatic heterocycles. The van der Waals surface area contributed by atoms with Crippen LogP contribution in [0.2, 0.25) is 0 Å². The number of hydrogen-bond donors (Lipinski definition) is 0. The van der Waals surface area contributed by atoms with E-state index in [4.69, 9.17) is 4.74 Å². The number of carbonyl (C=O) groups is 1. The first-order valence-corrected chi connectivity index (χ1v) is 3.21. The fourth-order valence-electron chi connectivity index (χ4n) is 0.399. The van der Waals surface area contributed by atoms with Gasteiger partial charge >= 0.3 is 0 Å². The molecule has 0 aromatic rings. The van der Waals surface area contributed by atoms with Gasteiger partial charge in [-0.15, -0.1) is 0 Å². The van der Waals surface area contributed by atoms with E-state index in [2.05, 4.69) is 0 Å². The summed E-state index contributed by atoms with van der Waals surface area (Å²) in [6, 6.07) is 0. The zero-order valence-corrected chi connectivity index (χ0v) is 9.65. The smallest absolute Gasteiger partial charge is 0.169 e. The number of esters is 1. The molecule has 2 nitrogen and oxygen atoms in total. The summed E-state index contributed by atoms with van der Waals surface area (Å²) in [4.78, 5) is 10.7. The van der Waals surface area contributed by atoms with Crippen LogP contribution in [-0.2, 0) is 42.2 Å². The minimum Gasteiger partial charge on any atom is -0.488 e. The Hall–Kier alpha value is 0.444. The van der Waals surface area contributed by atoms with Crippen molar-refractivity contribution in [1.29, 1.82) is 0 Å². The number of ether oxygens (including phenoxy) is 1. The number of hydrogen-bond acceptors (Lipinski definition) is 2. The Balaban J connectivity index is 0. The normalized spacial score (nSPS) is 7.90. The van der Waals surface area contributed by atoms with Gasteiger partial charge in [0.25, 0.3) is 0 Å². The molecule has 0 rings (SSSR count). The molecule has 0 atom stereocenters. The first kappa shape index (κ1) is 13.1. The zero-order valence-electron chi connectivity index (χ0n) is 6.81. The maximum absolute atomic E-state index is 10.7. The van der Waals surface area contributed by atoms with E-state index in [1.54, 1.807) is 13.8 Å². The third-order valence-corrected chi connectivity index (χ3v) is 1.15. The van der Waals surface area contributed by atoms with Gasteiger partial charge in [0.05, 0.1) is 6.61 Å². The Bertz CT molecular complexity index is 93.6. The largest absolute Gasteiger partial charge is 0.488 e. The van der Waals surface area contributed by atoms with Gasteiger partial charge in [0.15, 0.2) is 5.97 Å². The van der Waals surface area contributed by atoms with Crippen molar-refractivity contribution in [1.82, 2.24) is 0 Å². The number of rotatable bonds is 3. The summed E-state index contributed by atoms with van der Waals surface area (Å²) in [5.74, 6) is 0.622. The molecule has 0 fully saturated rings. The first-order chi connectivity index (χ1) is 4.22. The Morgan fingerprint density at radius 3 is 2.30 bits per heavy atom. The molecule has 3 heteroatoms. The standard InChI is InChI=1S/C7H13O2.Y/c1-4-6(3)7(8)9-5-2;/h4-5H2,1-3H3;/q-1;. The molecule has 0 saturated carbocycles. The summed E-state index contributed by atoms with van der Waals surface area (Å²) in [6.07, 6.45) is 0.777. The summed E-state index contributed by atoms with van der Waals surface area (Å²) in [6.45, 7) is 6.00. The van der Waals surface area contributed by atoms with Gasteiger partial charge in [-0.2, -0.15) is 13.3 Å². The molecule has 0 bridgehead atoms. The van der Waals surface area contributed by atoms with E-state index in [-0.39, 0.29) is 38.7 Å². The Morgan fingerprint density at radius 1 is 1.50 bits per heavy atom. The Labute approximate surface area is 87.6 Å². The van der Waals surface area contributed by atoms with Gasteiger partial charge in [0, 0.05) is 32.7 Å². The van der Waals surface area contributed by atoms with Gasteiger partial charge < -0.3 is 4.74 Å². The molecule has 1 radical (unpaired) electrons. The topological polar surface area (TPSA) is 26.3 Å². The fraction of sp³-hybridized carbons (Fsp3) is 0.714. The van der Waals surface area contributed by atoms with Gasteiger partial charge in [-0.25, -0.2) is 0 Å². The van der Waals surface area contributed by atoms with Crippen molar-refractivity contribution in [3.05, 3.63) is 5.92 Å². The van der Waals surface area contributed by atoms with Crippen LogP contribution in [-0.4, -0.2) is 12.6 Å². The summed E-state index contributed by atoms with van der Waals surface area (Å²) in [7, 11) is 0. The molecule has 0 heterocycles. The van der Waals surface area contributed by atoms with E-state index in [0.717, 1.165) is 12.3 Å². The van der Waals surface area contributed by atoms with Crippen molar-refractivity contribution in [2.75, 3.05) is 6.61 Å². The second kappa shape index (κ2) is 7.55. The fourth-order valence-corrected chi connectivity index (χ4v) is 0.399. The van der Waals surface area contributed by atoms with Crippen LogP contribution in [0.25, 0.3) is 0 Å². The van der Waals surface area contributed by atoms with E-state index in [9.17, 15) is 4.79 Å². The molecule has 0 unspecified atom stereocenters. The van der Waals surface area contributed by atoms with Crippen LogP contribution < -0.4 is 0 Å². The predicted molar refractivity (Wildman–Crippen MR) is 35.8 cm³/mol. The Kier molecular flexibility index (Phi) is 9.86. The van der Waals surface area contributed by atoms with Crippen LogP contribution in [0.15, 0.2) is 0 Å². The molecule has 0 aliphatic rings. The van der Waals surface area contributed by atoms with E-state index in [0.29, 0.717) is 6.61 Å². The molecule has 0 aliphatic carbocycles. The first-order valence-electron chi connectivity index (χ1n) is 3.21. The average Bonchev–Trinajstić information content (AvgIpc) is 1.87. The molecule has 0 aromatic carbocycles. The molecule has 57 valence electrons. The van der Waals surface area contributed by atoms with Gasteiger partial charge in [-0.1, -0.05) is 6.92 Å².